The van der Waals surface area contributed by atoms with Gasteiger partial charge < -0.3 is 0 Å². The van der Waals surface area contributed by atoms with Crippen molar-refractivity contribution in [3.8, 4) is 0 Å². The lowest BCUT2D eigenvalue weighted by Crippen LogP contribution is -1.91. The Bertz CT molecular complexity index is 476. The van der Waals surface area contributed by atoms with Crippen molar-refractivity contribution in [1.82, 2.24) is 10.2 Å². The van der Waals surface area contributed by atoms with Crippen LogP contribution in [0.2, 0.25) is 0 Å². The number of aromatic nitrogens is 2. The Kier molecular flexibility index (Phi) is 2.08. The molecule has 0 aliphatic heterocycles. The Hall–Kier alpha value is -1.64. The smallest absolute Gasteiger partial charge is 0.152 e. The number of H-pyrrole nitrogens is 1. The third-order valence-electron chi connectivity index (χ3n) is 2.40. The molecule has 0 unspecified atom stereocenters. The van der Waals surface area contributed by atoms with Crippen LogP contribution < -0.4 is 0 Å². The first-order chi connectivity index (χ1) is 6.72. The van der Waals surface area contributed by atoms with E-state index in [1.807, 2.05) is 6.07 Å². The van der Waals surface area contributed by atoms with Crippen molar-refractivity contribution >= 4 is 17.2 Å². The monoisotopic (exact) mass is 190 g/mol. The molecule has 0 atom stereocenters. The molecule has 2 rings (SSSR count). The van der Waals surface area contributed by atoms with E-state index in [9.17, 15) is 4.79 Å². The molecule has 0 radical (unpaired) electrons. The Labute approximate surface area is 83.6 Å². The molecule has 0 fully saturated rings. The Balaban J connectivity index is 0.00000112. The van der Waals surface area contributed by atoms with Gasteiger partial charge in [-0.2, -0.15) is 5.10 Å². The lowest BCUT2D eigenvalue weighted by atomic mass is 9.99. The molecule has 14 heavy (non-hydrogen) atoms. The first-order valence-electron chi connectivity index (χ1n) is 4.64. The maximum atomic E-state index is 10.8. The average molecular weight is 190 g/mol. The van der Waals surface area contributed by atoms with E-state index >= 15 is 0 Å². The van der Waals surface area contributed by atoms with Crippen LogP contribution in [0.15, 0.2) is 18.3 Å². The van der Waals surface area contributed by atoms with Crippen LogP contribution >= 0.6 is 0 Å². The average Bonchev–Trinajstić information content (AvgIpc) is 2.63. The lowest BCUT2D eigenvalue weighted by molar-refractivity contribution is 0.112. The number of fused-ring (bicyclic) bond motifs is 1. The molecular formula is C11H14N2O. The van der Waals surface area contributed by atoms with Gasteiger partial charge in [0.25, 0.3) is 0 Å². The van der Waals surface area contributed by atoms with E-state index in [4.69, 9.17) is 0 Å². The minimum atomic E-state index is 0. The van der Waals surface area contributed by atoms with E-state index in [0.717, 1.165) is 17.2 Å². The van der Waals surface area contributed by atoms with E-state index < -0.39 is 0 Å². The van der Waals surface area contributed by atoms with Crippen molar-refractivity contribution in [2.75, 3.05) is 0 Å². The molecule has 0 aliphatic carbocycles. The van der Waals surface area contributed by atoms with Gasteiger partial charge in [-0.3, -0.25) is 9.89 Å². The molecule has 0 bridgehead atoms. The van der Waals surface area contributed by atoms with E-state index in [1.54, 1.807) is 6.20 Å². The highest BCUT2D eigenvalue weighted by Crippen LogP contribution is 2.22. The van der Waals surface area contributed by atoms with Crippen LogP contribution in [0.1, 0.15) is 37.1 Å². The van der Waals surface area contributed by atoms with Gasteiger partial charge in [0.15, 0.2) is 6.29 Å². The van der Waals surface area contributed by atoms with Crippen molar-refractivity contribution in [1.29, 1.82) is 0 Å². The zero-order valence-corrected chi connectivity index (χ0v) is 8.24. The van der Waals surface area contributed by atoms with Crippen LogP contribution in [0.4, 0.5) is 0 Å². The zero-order valence-electron chi connectivity index (χ0n) is 8.24. The fourth-order valence-electron chi connectivity index (χ4n) is 1.54. The molecule has 3 heteroatoms. The summed E-state index contributed by atoms with van der Waals surface area (Å²) in [5.74, 6) is 0.424. The summed E-state index contributed by atoms with van der Waals surface area (Å²) >= 11 is 0. The van der Waals surface area contributed by atoms with Gasteiger partial charge in [0, 0.05) is 12.4 Å². The fourth-order valence-corrected chi connectivity index (χ4v) is 1.54. The molecule has 1 aromatic heterocycles. The maximum Gasteiger partial charge on any atom is 0.152 e. The van der Waals surface area contributed by atoms with Crippen molar-refractivity contribution in [2.45, 2.75) is 19.8 Å². The van der Waals surface area contributed by atoms with Crippen molar-refractivity contribution in [3.63, 3.8) is 0 Å². The number of aromatic amines is 1. The standard InChI is InChI=1S/C11H12N2O.H2/c1-7(2)8-3-9-5-12-13-11(9)10(4-8)6-14;/h3-7H,1-2H3,(H,12,13);1H. The largest absolute Gasteiger partial charge is 0.298 e. The number of carbonyl (C=O) groups is 1. The Morgan fingerprint density at radius 1 is 1.50 bits per heavy atom. The molecule has 0 aliphatic rings. The number of nitrogens with zero attached hydrogens (tertiary/aromatic N) is 1. The molecule has 1 heterocycles. The molecule has 1 aromatic carbocycles. The van der Waals surface area contributed by atoms with Crippen LogP contribution in [0.25, 0.3) is 10.9 Å². The van der Waals surface area contributed by atoms with Gasteiger partial charge in [-0.1, -0.05) is 13.8 Å². The van der Waals surface area contributed by atoms with Gasteiger partial charge in [-0.25, -0.2) is 0 Å². The predicted octanol–water partition coefficient (Wildman–Crippen LogP) is 2.74. The molecule has 1 N–H and O–H groups in total. The molecule has 74 valence electrons. The SMILES string of the molecule is CC(C)c1cc(C=O)c2[nH]ncc2c1.[HH]. The molecule has 0 amide bonds. The summed E-state index contributed by atoms with van der Waals surface area (Å²) < 4.78 is 0. The van der Waals surface area contributed by atoms with Crippen LogP contribution in [0, 0.1) is 0 Å². The number of benzene rings is 1. The highest BCUT2D eigenvalue weighted by atomic mass is 16.1. The summed E-state index contributed by atoms with van der Waals surface area (Å²) in [6, 6.07) is 3.98. The normalized spacial score (nSPS) is 11.1. The number of carbonyl (C=O) groups excluding carboxylic acids is 1. The summed E-state index contributed by atoms with van der Waals surface area (Å²) in [5.41, 5.74) is 2.68. The van der Waals surface area contributed by atoms with E-state index in [0.29, 0.717) is 11.5 Å². The number of hydrogen-bond acceptors (Lipinski definition) is 2. The Morgan fingerprint density at radius 3 is 2.93 bits per heavy atom. The van der Waals surface area contributed by atoms with E-state index in [1.165, 1.54) is 5.56 Å². The third-order valence-corrected chi connectivity index (χ3v) is 2.40. The van der Waals surface area contributed by atoms with Gasteiger partial charge in [0.2, 0.25) is 0 Å². The summed E-state index contributed by atoms with van der Waals surface area (Å²) in [6.45, 7) is 4.21. The molecule has 0 saturated carbocycles. The summed E-state index contributed by atoms with van der Waals surface area (Å²) in [7, 11) is 0. The van der Waals surface area contributed by atoms with Crippen LogP contribution in [0.3, 0.4) is 0 Å². The van der Waals surface area contributed by atoms with Gasteiger partial charge >= 0.3 is 0 Å². The van der Waals surface area contributed by atoms with E-state index in [2.05, 4.69) is 30.1 Å². The maximum absolute atomic E-state index is 10.8. The number of nitrogens with one attached hydrogen (secondary N) is 1. The minimum Gasteiger partial charge on any atom is -0.298 e. The fraction of sp³-hybridized carbons (Fsp3) is 0.273. The molecular weight excluding hydrogens is 176 g/mol. The summed E-state index contributed by atoms with van der Waals surface area (Å²) in [4.78, 5) is 10.8. The third kappa shape index (κ3) is 1.31. The summed E-state index contributed by atoms with van der Waals surface area (Å²) in [5, 5.41) is 7.75. The molecule has 2 aromatic rings. The van der Waals surface area contributed by atoms with Crippen molar-refractivity contribution < 1.29 is 6.22 Å². The highest BCUT2D eigenvalue weighted by molar-refractivity contribution is 5.95. The molecule has 0 saturated heterocycles. The van der Waals surface area contributed by atoms with Gasteiger partial charge in [-0.15, -0.1) is 0 Å². The highest BCUT2D eigenvalue weighted by Gasteiger charge is 2.07. The zero-order chi connectivity index (χ0) is 10.1. The number of rotatable bonds is 2. The van der Waals surface area contributed by atoms with Gasteiger partial charge in [0.05, 0.1) is 11.7 Å². The van der Waals surface area contributed by atoms with Gasteiger partial charge in [0.1, 0.15) is 0 Å². The second kappa shape index (κ2) is 3.25. The quantitative estimate of drug-likeness (QED) is 0.740. The second-order valence-electron chi connectivity index (χ2n) is 3.72. The predicted molar refractivity (Wildman–Crippen MR) is 57.7 cm³/mol. The lowest BCUT2D eigenvalue weighted by Gasteiger charge is -2.06. The first kappa shape index (κ1) is 8.94. The van der Waals surface area contributed by atoms with Crippen LogP contribution in [-0.4, -0.2) is 16.5 Å². The summed E-state index contributed by atoms with van der Waals surface area (Å²) in [6.07, 6.45) is 2.61. The van der Waals surface area contributed by atoms with Gasteiger partial charge in [-0.05, 0) is 23.6 Å². The van der Waals surface area contributed by atoms with E-state index in [-0.39, 0.29) is 1.43 Å². The number of aldehydes is 1. The first-order valence-corrected chi connectivity index (χ1v) is 4.64. The molecule has 0 spiro atoms. The Morgan fingerprint density at radius 2 is 2.29 bits per heavy atom. The number of hydrogen-bond donors (Lipinski definition) is 1. The van der Waals surface area contributed by atoms with Crippen molar-refractivity contribution in [3.05, 3.63) is 29.5 Å². The van der Waals surface area contributed by atoms with Crippen molar-refractivity contribution in [2.24, 2.45) is 0 Å². The van der Waals surface area contributed by atoms with Crippen LogP contribution in [0.5, 0.6) is 0 Å². The van der Waals surface area contributed by atoms with Crippen LogP contribution in [-0.2, 0) is 0 Å². The second-order valence-corrected chi connectivity index (χ2v) is 3.72. The minimum absolute atomic E-state index is 0. The molecule has 3 nitrogen and oxygen atoms in total. The topological polar surface area (TPSA) is 45.8 Å².